The van der Waals surface area contributed by atoms with Gasteiger partial charge in [-0.1, -0.05) is 60.7 Å². The van der Waals surface area contributed by atoms with E-state index in [1.165, 1.54) is 5.56 Å². The van der Waals surface area contributed by atoms with E-state index >= 15 is 0 Å². The quantitative estimate of drug-likeness (QED) is 0.273. The molecule has 250 valence electrons. The number of carbonyl (C=O) groups excluding carboxylic acids is 3. The molecule has 2 aliphatic heterocycles. The summed E-state index contributed by atoms with van der Waals surface area (Å²) in [7, 11) is 1.85. The first-order valence-electron chi connectivity index (χ1n) is 17.0. The molecule has 9 heteroatoms. The molecule has 0 bridgehead atoms. The number of carbonyl (C=O) groups is 3. The summed E-state index contributed by atoms with van der Waals surface area (Å²) in [5, 5.41) is 5.97. The van der Waals surface area contributed by atoms with E-state index in [0.717, 1.165) is 81.8 Å². The van der Waals surface area contributed by atoms with Crippen molar-refractivity contribution in [2.75, 3.05) is 51.6 Å². The molecular weight excluding hydrogens is 590 g/mol. The highest BCUT2D eigenvalue weighted by atomic mass is 16.6. The van der Waals surface area contributed by atoms with Gasteiger partial charge in [0.2, 0.25) is 5.91 Å². The first-order valence-corrected chi connectivity index (χ1v) is 17.0. The second-order valence-corrected chi connectivity index (χ2v) is 13.1. The molecule has 0 saturated carbocycles. The minimum Gasteiger partial charge on any atom is -0.446 e. The number of benzene rings is 3. The topological polar surface area (TPSA) is 94.2 Å². The molecule has 0 aliphatic carbocycles. The maximum absolute atomic E-state index is 13.1. The van der Waals surface area contributed by atoms with Crippen LogP contribution < -0.4 is 10.6 Å². The third-order valence-corrected chi connectivity index (χ3v) is 9.15. The monoisotopic (exact) mass is 639 g/mol. The Morgan fingerprint density at radius 3 is 2.15 bits per heavy atom. The molecule has 2 N–H and O–H groups in total. The van der Waals surface area contributed by atoms with Gasteiger partial charge in [-0.2, -0.15) is 0 Å². The minimum atomic E-state index is -0.432. The Kier molecular flexibility index (Phi) is 12.0. The molecule has 3 amide bonds. The highest BCUT2D eigenvalue weighted by Crippen LogP contribution is 2.28. The summed E-state index contributed by atoms with van der Waals surface area (Å²) in [5.74, 6) is 0.287. The van der Waals surface area contributed by atoms with Gasteiger partial charge < -0.3 is 19.9 Å². The van der Waals surface area contributed by atoms with Gasteiger partial charge >= 0.3 is 6.09 Å². The molecule has 0 unspecified atom stereocenters. The Labute approximate surface area is 279 Å². The number of rotatable bonds is 11. The summed E-state index contributed by atoms with van der Waals surface area (Å²) in [5.41, 5.74) is 4.58. The average molecular weight is 640 g/mol. The van der Waals surface area contributed by atoms with Crippen molar-refractivity contribution in [3.8, 4) is 11.1 Å². The van der Waals surface area contributed by atoms with Crippen LogP contribution >= 0.6 is 0 Å². The van der Waals surface area contributed by atoms with Crippen molar-refractivity contribution in [3.05, 3.63) is 90.0 Å². The number of ether oxygens (including phenoxy) is 1. The Bertz CT molecular complexity index is 1460. The lowest BCUT2D eigenvalue weighted by Gasteiger charge is -2.32. The third-order valence-electron chi connectivity index (χ3n) is 9.15. The van der Waals surface area contributed by atoms with Gasteiger partial charge in [0.1, 0.15) is 6.10 Å². The predicted octanol–water partition coefficient (Wildman–Crippen LogP) is 5.88. The van der Waals surface area contributed by atoms with Gasteiger partial charge in [-0.25, -0.2) is 4.79 Å². The SMILES string of the molecule is CC(C)NC(=O)C1CCN(Cc2ccc(C(=O)N(C)CCN3CCC(OC(=O)Nc4ccccc4-c4ccccc4)CC3)cc2)CC1. The van der Waals surface area contributed by atoms with E-state index < -0.39 is 6.09 Å². The summed E-state index contributed by atoms with van der Waals surface area (Å²) in [6.45, 7) is 9.65. The van der Waals surface area contributed by atoms with Gasteiger partial charge in [0.15, 0.2) is 0 Å². The Morgan fingerprint density at radius 1 is 0.830 bits per heavy atom. The summed E-state index contributed by atoms with van der Waals surface area (Å²) in [4.78, 5) is 44.7. The van der Waals surface area contributed by atoms with Crippen LogP contribution in [0.15, 0.2) is 78.9 Å². The van der Waals surface area contributed by atoms with Crippen molar-refractivity contribution in [2.45, 2.75) is 58.2 Å². The number of piperidine rings is 2. The molecule has 5 rings (SSSR count). The molecule has 0 radical (unpaired) electrons. The number of hydrogen-bond acceptors (Lipinski definition) is 6. The highest BCUT2D eigenvalue weighted by Gasteiger charge is 2.26. The number of nitrogens with zero attached hydrogens (tertiary/aromatic N) is 3. The van der Waals surface area contributed by atoms with E-state index in [1.807, 2.05) is 99.8 Å². The van der Waals surface area contributed by atoms with Crippen molar-refractivity contribution in [1.29, 1.82) is 0 Å². The van der Waals surface area contributed by atoms with Crippen molar-refractivity contribution in [2.24, 2.45) is 5.92 Å². The van der Waals surface area contributed by atoms with E-state index in [-0.39, 0.29) is 29.9 Å². The Hall–Kier alpha value is -4.21. The van der Waals surface area contributed by atoms with Gasteiger partial charge in [0.25, 0.3) is 5.91 Å². The number of likely N-dealkylation sites (tertiary alicyclic amines) is 2. The molecule has 0 spiro atoms. The van der Waals surface area contributed by atoms with E-state index in [1.54, 1.807) is 4.90 Å². The smallest absolute Gasteiger partial charge is 0.411 e. The van der Waals surface area contributed by atoms with E-state index in [0.29, 0.717) is 12.1 Å². The fourth-order valence-electron chi connectivity index (χ4n) is 6.38. The van der Waals surface area contributed by atoms with Crippen LogP contribution in [0.4, 0.5) is 10.5 Å². The molecule has 9 nitrogen and oxygen atoms in total. The number of anilines is 1. The first-order chi connectivity index (χ1) is 22.7. The summed E-state index contributed by atoms with van der Waals surface area (Å²) < 4.78 is 5.78. The molecule has 0 aromatic heterocycles. The number of nitrogens with one attached hydrogen (secondary N) is 2. The summed E-state index contributed by atoms with van der Waals surface area (Å²) >= 11 is 0. The van der Waals surface area contributed by atoms with Crippen molar-refractivity contribution < 1.29 is 19.1 Å². The highest BCUT2D eigenvalue weighted by molar-refractivity contribution is 5.94. The zero-order valence-corrected chi connectivity index (χ0v) is 28.0. The van der Waals surface area contributed by atoms with Gasteiger partial charge in [-0.05, 0) is 81.9 Å². The largest absolute Gasteiger partial charge is 0.446 e. The second kappa shape index (κ2) is 16.6. The summed E-state index contributed by atoms with van der Waals surface area (Å²) in [6, 6.07) is 25.8. The molecule has 2 saturated heterocycles. The lowest BCUT2D eigenvalue weighted by atomic mass is 9.95. The van der Waals surface area contributed by atoms with Gasteiger partial charge in [0, 0.05) is 62.9 Å². The van der Waals surface area contributed by atoms with Crippen molar-refractivity contribution in [1.82, 2.24) is 20.0 Å². The van der Waals surface area contributed by atoms with Crippen LogP contribution in [0.3, 0.4) is 0 Å². The van der Waals surface area contributed by atoms with Crippen LogP contribution in [0.25, 0.3) is 11.1 Å². The zero-order valence-electron chi connectivity index (χ0n) is 28.0. The van der Waals surface area contributed by atoms with Gasteiger partial charge in [-0.15, -0.1) is 0 Å². The lowest BCUT2D eigenvalue weighted by Crippen LogP contribution is -2.42. The lowest BCUT2D eigenvalue weighted by molar-refractivity contribution is -0.127. The molecule has 3 aromatic carbocycles. The zero-order chi connectivity index (χ0) is 33.2. The fourth-order valence-corrected chi connectivity index (χ4v) is 6.38. The number of para-hydroxylation sites is 1. The number of hydrogen-bond donors (Lipinski definition) is 2. The van der Waals surface area contributed by atoms with Crippen LogP contribution in [0, 0.1) is 5.92 Å². The molecule has 47 heavy (non-hydrogen) atoms. The van der Waals surface area contributed by atoms with Crippen molar-refractivity contribution in [3.63, 3.8) is 0 Å². The maximum Gasteiger partial charge on any atom is 0.411 e. The third kappa shape index (κ3) is 9.89. The van der Waals surface area contributed by atoms with Crippen LogP contribution in [0.5, 0.6) is 0 Å². The van der Waals surface area contributed by atoms with Gasteiger partial charge in [0.05, 0.1) is 5.69 Å². The molecule has 2 fully saturated rings. The molecule has 2 heterocycles. The van der Waals surface area contributed by atoms with Crippen LogP contribution in [-0.2, 0) is 16.1 Å². The minimum absolute atomic E-state index is 0.0132. The predicted molar refractivity (Wildman–Crippen MR) is 186 cm³/mol. The van der Waals surface area contributed by atoms with E-state index in [9.17, 15) is 14.4 Å². The second-order valence-electron chi connectivity index (χ2n) is 13.1. The number of likely N-dealkylation sites (N-methyl/N-ethyl adjacent to an activating group) is 1. The molecule has 3 aromatic rings. The number of amides is 3. The van der Waals surface area contributed by atoms with Crippen LogP contribution in [0.1, 0.15) is 55.5 Å². The first kappa shape index (κ1) is 34.1. The average Bonchev–Trinajstić information content (AvgIpc) is 3.08. The Balaban J connectivity index is 0.999. The van der Waals surface area contributed by atoms with Crippen LogP contribution in [0.2, 0.25) is 0 Å². The molecule has 2 aliphatic rings. The van der Waals surface area contributed by atoms with Crippen LogP contribution in [-0.4, -0.2) is 91.1 Å². The fraction of sp³-hybridized carbons (Fsp3) is 0.447. The van der Waals surface area contributed by atoms with Gasteiger partial charge in [-0.3, -0.25) is 19.8 Å². The van der Waals surface area contributed by atoms with E-state index in [4.69, 9.17) is 4.74 Å². The normalized spacial score (nSPS) is 16.5. The standard InChI is InChI=1S/C38H49N5O4/c1-28(2)39-36(44)31-17-21-43(22-18-31)27-29-13-15-32(16-14-29)37(45)41(3)25-26-42-23-19-33(20-24-42)47-38(46)40-35-12-8-7-11-34(35)30-9-5-4-6-10-30/h4-16,28,31,33H,17-27H2,1-3H3,(H,39,44)(H,40,46). The maximum atomic E-state index is 13.1. The summed E-state index contributed by atoms with van der Waals surface area (Å²) in [6.07, 6.45) is 2.71. The molecular formula is C38H49N5O4. The van der Waals surface area contributed by atoms with Crippen molar-refractivity contribution >= 4 is 23.6 Å². The van der Waals surface area contributed by atoms with E-state index in [2.05, 4.69) is 20.4 Å². The molecule has 0 atom stereocenters. The Morgan fingerprint density at radius 2 is 1.47 bits per heavy atom.